The van der Waals surface area contributed by atoms with E-state index < -0.39 is 0 Å². The van der Waals surface area contributed by atoms with Crippen molar-refractivity contribution in [2.75, 3.05) is 13.2 Å². The molecule has 1 amide bonds. The molecule has 2 aromatic heterocycles. The summed E-state index contributed by atoms with van der Waals surface area (Å²) < 4.78 is 1.64. The van der Waals surface area contributed by atoms with Crippen molar-refractivity contribution < 1.29 is 9.90 Å². The summed E-state index contributed by atoms with van der Waals surface area (Å²) in [4.78, 5) is 16.6. The molecule has 2 N–H and O–H groups in total. The van der Waals surface area contributed by atoms with Crippen molar-refractivity contribution in [1.29, 1.82) is 0 Å². The van der Waals surface area contributed by atoms with Gasteiger partial charge in [-0.15, -0.1) is 0 Å². The predicted molar refractivity (Wildman–Crippen MR) is 83.0 cm³/mol. The first kappa shape index (κ1) is 14.2. The van der Waals surface area contributed by atoms with Gasteiger partial charge in [0, 0.05) is 11.9 Å². The molecule has 2 heterocycles. The van der Waals surface area contributed by atoms with Gasteiger partial charge in [0.1, 0.15) is 0 Å². The molecule has 0 atom stereocenters. The summed E-state index contributed by atoms with van der Waals surface area (Å²) in [5, 5.41) is 16.7. The highest BCUT2D eigenvalue weighted by molar-refractivity contribution is 5.95. The fraction of sp³-hybridized carbons (Fsp3) is 0.188. The van der Waals surface area contributed by atoms with Crippen molar-refractivity contribution in [3.05, 3.63) is 53.9 Å². The summed E-state index contributed by atoms with van der Waals surface area (Å²) in [5.74, 6) is 0.413. The van der Waals surface area contributed by atoms with Gasteiger partial charge in [0.2, 0.25) is 0 Å². The number of aliphatic hydroxyl groups is 1. The Kier molecular flexibility index (Phi) is 3.84. The minimum atomic E-state index is -0.251. The molecule has 0 aliphatic heterocycles. The molecule has 0 aliphatic rings. The lowest BCUT2D eigenvalue weighted by Crippen LogP contribution is -2.26. The van der Waals surface area contributed by atoms with E-state index in [4.69, 9.17) is 5.11 Å². The molecule has 0 saturated carbocycles. The van der Waals surface area contributed by atoms with E-state index in [0.29, 0.717) is 17.1 Å². The average molecular weight is 296 g/mol. The number of hydrogen-bond donors (Lipinski definition) is 2. The van der Waals surface area contributed by atoms with Gasteiger partial charge in [0.05, 0.1) is 29.6 Å². The molecule has 6 heteroatoms. The summed E-state index contributed by atoms with van der Waals surface area (Å²) in [6.07, 6.45) is 1.51. The number of fused-ring (bicyclic) bond motifs is 1. The van der Waals surface area contributed by atoms with Crippen molar-refractivity contribution in [2.45, 2.75) is 6.92 Å². The van der Waals surface area contributed by atoms with Crippen LogP contribution in [0.25, 0.3) is 16.7 Å². The minimum Gasteiger partial charge on any atom is -0.395 e. The van der Waals surface area contributed by atoms with E-state index in [2.05, 4.69) is 15.4 Å². The molecule has 0 bridgehead atoms. The van der Waals surface area contributed by atoms with Gasteiger partial charge < -0.3 is 10.4 Å². The highest BCUT2D eigenvalue weighted by Gasteiger charge is 2.15. The van der Waals surface area contributed by atoms with Crippen molar-refractivity contribution in [3.8, 4) is 5.82 Å². The summed E-state index contributed by atoms with van der Waals surface area (Å²) in [6.45, 7) is 1.95. The van der Waals surface area contributed by atoms with E-state index in [-0.39, 0.29) is 19.1 Å². The average Bonchev–Trinajstić information content (AvgIpc) is 2.94. The van der Waals surface area contributed by atoms with Crippen molar-refractivity contribution >= 4 is 16.8 Å². The van der Waals surface area contributed by atoms with Gasteiger partial charge in [-0.1, -0.05) is 18.2 Å². The number of aliphatic hydroxyl groups excluding tert-OH is 1. The first-order chi connectivity index (χ1) is 10.7. The number of benzene rings is 1. The van der Waals surface area contributed by atoms with Crippen LogP contribution in [0.2, 0.25) is 0 Å². The Labute approximate surface area is 127 Å². The Morgan fingerprint density at radius 3 is 2.91 bits per heavy atom. The zero-order valence-corrected chi connectivity index (χ0v) is 12.2. The van der Waals surface area contributed by atoms with Gasteiger partial charge in [-0.2, -0.15) is 5.10 Å². The van der Waals surface area contributed by atoms with E-state index in [1.807, 2.05) is 43.3 Å². The van der Waals surface area contributed by atoms with Gasteiger partial charge in [-0.25, -0.2) is 9.67 Å². The quantitative estimate of drug-likeness (QED) is 0.763. The Morgan fingerprint density at radius 1 is 1.27 bits per heavy atom. The second-order valence-corrected chi connectivity index (χ2v) is 4.90. The number of amides is 1. The maximum absolute atomic E-state index is 12.0. The van der Waals surface area contributed by atoms with Crippen LogP contribution in [0.1, 0.15) is 16.1 Å². The summed E-state index contributed by atoms with van der Waals surface area (Å²) in [5.41, 5.74) is 2.06. The van der Waals surface area contributed by atoms with E-state index in [0.717, 1.165) is 10.9 Å². The maximum atomic E-state index is 12.0. The zero-order valence-electron chi connectivity index (χ0n) is 12.2. The molecule has 3 aromatic rings. The van der Waals surface area contributed by atoms with Crippen LogP contribution in [0.15, 0.2) is 42.6 Å². The Morgan fingerprint density at radius 2 is 2.09 bits per heavy atom. The topological polar surface area (TPSA) is 80.0 Å². The SMILES string of the molecule is Cc1c(C(=O)NCCO)cnn1-c1ccc2ccccc2n1. The van der Waals surface area contributed by atoms with Crippen LogP contribution in [0.4, 0.5) is 0 Å². The minimum absolute atomic E-state index is 0.0921. The van der Waals surface area contributed by atoms with E-state index in [1.54, 1.807) is 4.68 Å². The third-order valence-electron chi connectivity index (χ3n) is 3.45. The maximum Gasteiger partial charge on any atom is 0.254 e. The number of carbonyl (C=O) groups is 1. The first-order valence-corrected chi connectivity index (χ1v) is 7.00. The van der Waals surface area contributed by atoms with Crippen molar-refractivity contribution in [1.82, 2.24) is 20.1 Å². The third kappa shape index (κ3) is 2.56. The van der Waals surface area contributed by atoms with Crippen LogP contribution >= 0.6 is 0 Å². The predicted octanol–water partition coefficient (Wildman–Crippen LogP) is 1.45. The van der Waals surface area contributed by atoms with E-state index in [9.17, 15) is 4.79 Å². The summed E-state index contributed by atoms with van der Waals surface area (Å²) >= 11 is 0. The number of carbonyl (C=O) groups excluding carboxylic acids is 1. The molecule has 0 saturated heterocycles. The number of pyridine rings is 1. The van der Waals surface area contributed by atoms with Gasteiger partial charge >= 0.3 is 0 Å². The highest BCUT2D eigenvalue weighted by atomic mass is 16.3. The molecule has 6 nitrogen and oxygen atoms in total. The number of nitrogens with one attached hydrogen (secondary N) is 1. The Bertz CT molecular complexity index is 826. The van der Waals surface area contributed by atoms with Crippen LogP contribution in [0.5, 0.6) is 0 Å². The largest absolute Gasteiger partial charge is 0.395 e. The number of hydrogen-bond acceptors (Lipinski definition) is 4. The third-order valence-corrected chi connectivity index (χ3v) is 3.45. The van der Waals surface area contributed by atoms with E-state index >= 15 is 0 Å². The lowest BCUT2D eigenvalue weighted by molar-refractivity contribution is 0.0944. The van der Waals surface area contributed by atoms with Gasteiger partial charge in [-0.05, 0) is 25.1 Å². The first-order valence-electron chi connectivity index (χ1n) is 7.00. The highest BCUT2D eigenvalue weighted by Crippen LogP contribution is 2.17. The van der Waals surface area contributed by atoms with Crippen LogP contribution in [0.3, 0.4) is 0 Å². The molecule has 0 radical (unpaired) electrons. The molecule has 0 spiro atoms. The van der Waals surface area contributed by atoms with Crippen LogP contribution < -0.4 is 5.32 Å². The molecule has 0 unspecified atom stereocenters. The number of aromatic nitrogens is 3. The zero-order chi connectivity index (χ0) is 15.5. The molecule has 3 rings (SSSR count). The Balaban J connectivity index is 1.97. The number of nitrogens with zero attached hydrogens (tertiary/aromatic N) is 3. The molecular formula is C16H16N4O2. The smallest absolute Gasteiger partial charge is 0.254 e. The molecule has 0 fully saturated rings. The second-order valence-electron chi connectivity index (χ2n) is 4.90. The van der Waals surface area contributed by atoms with Crippen LogP contribution in [-0.2, 0) is 0 Å². The fourth-order valence-corrected chi connectivity index (χ4v) is 2.30. The van der Waals surface area contributed by atoms with Crippen LogP contribution in [0, 0.1) is 6.92 Å². The second kappa shape index (κ2) is 5.95. The Hall–Kier alpha value is -2.73. The van der Waals surface area contributed by atoms with Crippen LogP contribution in [-0.4, -0.2) is 38.9 Å². The monoisotopic (exact) mass is 296 g/mol. The van der Waals surface area contributed by atoms with Gasteiger partial charge in [0.15, 0.2) is 5.82 Å². The standard InChI is InChI=1S/C16H16N4O2/c1-11-13(16(22)17-8-9-21)10-18-20(11)15-7-6-12-4-2-3-5-14(12)19-15/h2-7,10,21H,8-9H2,1H3,(H,17,22). The lowest BCUT2D eigenvalue weighted by Gasteiger charge is -2.06. The molecule has 22 heavy (non-hydrogen) atoms. The molecule has 1 aromatic carbocycles. The molecule has 112 valence electrons. The summed E-state index contributed by atoms with van der Waals surface area (Å²) in [6, 6.07) is 11.7. The van der Waals surface area contributed by atoms with Crippen molar-refractivity contribution in [2.24, 2.45) is 0 Å². The molecule has 0 aliphatic carbocycles. The van der Waals surface area contributed by atoms with Crippen molar-refractivity contribution in [3.63, 3.8) is 0 Å². The number of para-hydroxylation sites is 1. The van der Waals surface area contributed by atoms with Gasteiger partial charge in [0.25, 0.3) is 5.91 Å². The molecular weight excluding hydrogens is 280 g/mol. The summed E-state index contributed by atoms with van der Waals surface area (Å²) in [7, 11) is 0. The normalized spacial score (nSPS) is 10.8. The van der Waals surface area contributed by atoms with E-state index in [1.165, 1.54) is 6.20 Å². The lowest BCUT2D eigenvalue weighted by atomic mass is 10.2. The van der Waals surface area contributed by atoms with Gasteiger partial charge in [-0.3, -0.25) is 4.79 Å². The number of rotatable bonds is 4. The fourth-order valence-electron chi connectivity index (χ4n) is 2.30.